The predicted octanol–water partition coefficient (Wildman–Crippen LogP) is 4.07. The van der Waals surface area contributed by atoms with Gasteiger partial charge in [-0.25, -0.2) is 4.98 Å². The van der Waals surface area contributed by atoms with Gasteiger partial charge >= 0.3 is 0 Å². The molecule has 20 heavy (non-hydrogen) atoms. The van der Waals surface area contributed by atoms with Crippen molar-refractivity contribution in [2.75, 3.05) is 5.32 Å². The standard InChI is InChI=1S/C16H17N3S/c1-12-6-9-20-16(12)13-4-3-5-14(10-13)18-11-15-17-7-8-19(15)2/h3-10,18H,11H2,1-2H3. The summed E-state index contributed by atoms with van der Waals surface area (Å²) >= 11 is 1.79. The van der Waals surface area contributed by atoms with Crippen LogP contribution in [0.2, 0.25) is 0 Å². The molecule has 102 valence electrons. The van der Waals surface area contributed by atoms with E-state index >= 15 is 0 Å². The SMILES string of the molecule is Cc1ccsc1-c1cccc(NCc2nccn2C)c1. The van der Waals surface area contributed by atoms with Crippen molar-refractivity contribution in [3.8, 4) is 10.4 Å². The Balaban J connectivity index is 1.78. The summed E-state index contributed by atoms with van der Waals surface area (Å²) < 4.78 is 2.03. The molecule has 0 fully saturated rings. The van der Waals surface area contributed by atoms with Gasteiger partial charge in [-0.2, -0.15) is 0 Å². The summed E-state index contributed by atoms with van der Waals surface area (Å²) in [5.41, 5.74) is 3.72. The van der Waals surface area contributed by atoms with Gasteiger partial charge in [0.1, 0.15) is 5.82 Å². The maximum absolute atomic E-state index is 4.32. The van der Waals surface area contributed by atoms with E-state index < -0.39 is 0 Å². The Bertz CT molecular complexity index is 712. The number of rotatable bonds is 4. The number of aryl methyl sites for hydroxylation is 2. The van der Waals surface area contributed by atoms with Gasteiger partial charge in [0.05, 0.1) is 6.54 Å². The van der Waals surface area contributed by atoms with E-state index in [1.165, 1.54) is 16.0 Å². The molecular weight excluding hydrogens is 266 g/mol. The van der Waals surface area contributed by atoms with E-state index in [1.807, 2.05) is 24.0 Å². The normalized spacial score (nSPS) is 10.7. The molecule has 0 spiro atoms. The van der Waals surface area contributed by atoms with Crippen LogP contribution in [0.5, 0.6) is 0 Å². The van der Waals surface area contributed by atoms with Crippen molar-refractivity contribution in [1.82, 2.24) is 9.55 Å². The lowest BCUT2D eigenvalue weighted by molar-refractivity contribution is 0.813. The summed E-state index contributed by atoms with van der Waals surface area (Å²) in [6.07, 6.45) is 3.78. The molecule has 0 aliphatic rings. The molecule has 0 unspecified atom stereocenters. The third kappa shape index (κ3) is 2.60. The van der Waals surface area contributed by atoms with Crippen LogP contribution in [0.4, 0.5) is 5.69 Å². The minimum absolute atomic E-state index is 0.733. The first-order valence-corrected chi connectivity index (χ1v) is 7.46. The third-order valence-electron chi connectivity index (χ3n) is 3.36. The van der Waals surface area contributed by atoms with Gasteiger partial charge < -0.3 is 9.88 Å². The quantitative estimate of drug-likeness (QED) is 0.782. The van der Waals surface area contributed by atoms with Crippen molar-refractivity contribution in [3.05, 3.63) is 59.5 Å². The molecule has 0 amide bonds. The number of imidazole rings is 1. The van der Waals surface area contributed by atoms with E-state index in [4.69, 9.17) is 0 Å². The first-order valence-electron chi connectivity index (χ1n) is 6.58. The number of thiophene rings is 1. The van der Waals surface area contributed by atoms with E-state index in [1.54, 1.807) is 11.3 Å². The Kier molecular flexibility index (Phi) is 3.56. The largest absolute Gasteiger partial charge is 0.378 e. The number of hydrogen-bond donors (Lipinski definition) is 1. The first-order chi connectivity index (χ1) is 9.74. The second kappa shape index (κ2) is 5.51. The molecule has 0 atom stereocenters. The summed E-state index contributed by atoms with van der Waals surface area (Å²) in [5.74, 6) is 1.03. The van der Waals surface area contributed by atoms with Crippen molar-refractivity contribution >= 4 is 17.0 Å². The van der Waals surface area contributed by atoms with Gasteiger partial charge in [0.2, 0.25) is 0 Å². The molecule has 0 saturated heterocycles. The molecule has 0 saturated carbocycles. The van der Waals surface area contributed by atoms with Gasteiger partial charge in [0.15, 0.2) is 0 Å². The molecule has 0 bridgehead atoms. The molecule has 3 rings (SSSR count). The van der Waals surface area contributed by atoms with Crippen molar-refractivity contribution in [1.29, 1.82) is 0 Å². The average molecular weight is 283 g/mol. The van der Waals surface area contributed by atoms with Crippen LogP contribution >= 0.6 is 11.3 Å². The van der Waals surface area contributed by atoms with E-state index in [2.05, 4.69) is 52.9 Å². The van der Waals surface area contributed by atoms with Crippen LogP contribution in [0.3, 0.4) is 0 Å². The fraction of sp³-hybridized carbons (Fsp3) is 0.188. The second-order valence-electron chi connectivity index (χ2n) is 4.82. The topological polar surface area (TPSA) is 29.9 Å². The number of anilines is 1. The Morgan fingerprint density at radius 2 is 2.20 bits per heavy atom. The lowest BCUT2D eigenvalue weighted by atomic mass is 10.1. The van der Waals surface area contributed by atoms with Gasteiger partial charge in [-0.1, -0.05) is 12.1 Å². The lowest BCUT2D eigenvalue weighted by Gasteiger charge is -2.08. The molecular formula is C16H17N3S. The molecule has 0 aliphatic heterocycles. The van der Waals surface area contributed by atoms with Crippen molar-refractivity contribution < 1.29 is 0 Å². The monoisotopic (exact) mass is 283 g/mol. The highest BCUT2D eigenvalue weighted by Gasteiger charge is 2.04. The maximum atomic E-state index is 4.32. The predicted molar refractivity (Wildman–Crippen MR) is 85.0 cm³/mol. The van der Waals surface area contributed by atoms with Gasteiger partial charge in [0, 0.05) is 30.0 Å². The average Bonchev–Trinajstić information content (AvgIpc) is 3.05. The Morgan fingerprint density at radius 1 is 1.30 bits per heavy atom. The highest BCUT2D eigenvalue weighted by Crippen LogP contribution is 2.30. The van der Waals surface area contributed by atoms with E-state index in [-0.39, 0.29) is 0 Å². The van der Waals surface area contributed by atoms with E-state index in [0.717, 1.165) is 18.1 Å². The van der Waals surface area contributed by atoms with Gasteiger partial charge in [0.25, 0.3) is 0 Å². The summed E-state index contributed by atoms with van der Waals surface area (Å²) in [4.78, 5) is 5.66. The Labute approximate surface area is 122 Å². The zero-order valence-electron chi connectivity index (χ0n) is 11.6. The first kappa shape index (κ1) is 12.9. The highest BCUT2D eigenvalue weighted by molar-refractivity contribution is 7.13. The maximum Gasteiger partial charge on any atom is 0.127 e. The molecule has 1 N–H and O–H groups in total. The number of nitrogens with one attached hydrogen (secondary N) is 1. The Morgan fingerprint density at radius 3 is 2.90 bits per heavy atom. The fourth-order valence-electron chi connectivity index (χ4n) is 2.19. The van der Waals surface area contributed by atoms with Crippen LogP contribution in [-0.4, -0.2) is 9.55 Å². The van der Waals surface area contributed by atoms with Crippen LogP contribution in [0, 0.1) is 6.92 Å². The van der Waals surface area contributed by atoms with Crippen LogP contribution < -0.4 is 5.32 Å². The number of benzene rings is 1. The molecule has 3 nitrogen and oxygen atoms in total. The summed E-state index contributed by atoms with van der Waals surface area (Å²) in [6.45, 7) is 2.89. The van der Waals surface area contributed by atoms with Crippen molar-refractivity contribution in [2.24, 2.45) is 7.05 Å². The molecule has 0 aliphatic carbocycles. The molecule has 2 heterocycles. The van der Waals surface area contributed by atoms with E-state index in [9.17, 15) is 0 Å². The smallest absolute Gasteiger partial charge is 0.127 e. The van der Waals surface area contributed by atoms with E-state index in [0.29, 0.717) is 0 Å². The van der Waals surface area contributed by atoms with Crippen LogP contribution in [0.15, 0.2) is 48.1 Å². The van der Waals surface area contributed by atoms with Gasteiger partial charge in [-0.15, -0.1) is 11.3 Å². The highest BCUT2D eigenvalue weighted by atomic mass is 32.1. The summed E-state index contributed by atoms with van der Waals surface area (Å²) in [5, 5.41) is 5.57. The second-order valence-corrected chi connectivity index (χ2v) is 5.74. The number of aromatic nitrogens is 2. The summed E-state index contributed by atoms with van der Waals surface area (Å²) in [7, 11) is 2.01. The molecule has 3 aromatic rings. The minimum atomic E-state index is 0.733. The summed E-state index contributed by atoms with van der Waals surface area (Å²) in [6, 6.07) is 10.7. The fourth-order valence-corrected chi connectivity index (χ4v) is 3.11. The number of nitrogens with zero attached hydrogens (tertiary/aromatic N) is 2. The zero-order valence-corrected chi connectivity index (χ0v) is 12.4. The van der Waals surface area contributed by atoms with Crippen molar-refractivity contribution in [3.63, 3.8) is 0 Å². The third-order valence-corrected chi connectivity index (χ3v) is 4.42. The Hall–Kier alpha value is -2.07. The van der Waals surface area contributed by atoms with Gasteiger partial charge in [-0.3, -0.25) is 0 Å². The van der Waals surface area contributed by atoms with Crippen LogP contribution in [0.1, 0.15) is 11.4 Å². The lowest BCUT2D eigenvalue weighted by Crippen LogP contribution is -2.05. The molecule has 0 radical (unpaired) electrons. The minimum Gasteiger partial charge on any atom is -0.378 e. The number of hydrogen-bond acceptors (Lipinski definition) is 3. The van der Waals surface area contributed by atoms with Gasteiger partial charge in [-0.05, 0) is 41.6 Å². The zero-order chi connectivity index (χ0) is 13.9. The van der Waals surface area contributed by atoms with Crippen molar-refractivity contribution in [2.45, 2.75) is 13.5 Å². The molecule has 1 aromatic carbocycles. The molecule has 4 heteroatoms. The van der Waals surface area contributed by atoms with Crippen LogP contribution in [0.25, 0.3) is 10.4 Å². The molecule has 2 aromatic heterocycles. The van der Waals surface area contributed by atoms with Crippen LogP contribution in [-0.2, 0) is 13.6 Å².